The van der Waals surface area contributed by atoms with Gasteiger partial charge in [-0.15, -0.1) is 0 Å². The first-order valence-electron chi connectivity index (χ1n) is 9.33. The highest BCUT2D eigenvalue weighted by Gasteiger charge is 2.26. The van der Waals surface area contributed by atoms with Gasteiger partial charge in [-0.25, -0.2) is 9.18 Å². The van der Waals surface area contributed by atoms with E-state index in [2.05, 4.69) is 10.6 Å². The molecule has 0 radical (unpaired) electrons. The van der Waals surface area contributed by atoms with Crippen molar-refractivity contribution >= 4 is 17.7 Å². The zero-order chi connectivity index (χ0) is 20.9. The molecule has 2 atom stereocenters. The molecule has 1 aromatic rings. The predicted octanol–water partition coefficient (Wildman–Crippen LogP) is 2.70. The average Bonchev–Trinajstić information content (AvgIpc) is 2.60. The number of nitriles is 1. The second kappa shape index (κ2) is 8.91. The van der Waals surface area contributed by atoms with Crippen LogP contribution in [0.2, 0.25) is 0 Å². The van der Waals surface area contributed by atoms with Crippen LogP contribution in [0, 0.1) is 17.1 Å². The molecule has 2 N–H and O–H groups in total. The molecule has 152 valence electrons. The van der Waals surface area contributed by atoms with E-state index in [0.29, 0.717) is 18.8 Å². The number of carbonyl (C=O) groups is 2. The minimum atomic E-state index is -0.753. The smallest absolute Gasteiger partial charge is 0.408 e. The van der Waals surface area contributed by atoms with Gasteiger partial charge in [0.1, 0.15) is 17.5 Å². The highest BCUT2D eigenvalue weighted by molar-refractivity contribution is 5.85. The van der Waals surface area contributed by atoms with Crippen molar-refractivity contribution in [2.45, 2.75) is 58.2 Å². The normalized spacial score (nSPS) is 18.0. The maximum Gasteiger partial charge on any atom is 0.408 e. The van der Waals surface area contributed by atoms with Gasteiger partial charge in [-0.2, -0.15) is 5.26 Å². The molecular weight excluding hydrogens is 363 g/mol. The third kappa shape index (κ3) is 6.12. The van der Waals surface area contributed by atoms with Crippen LogP contribution in [0.25, 0.3) is 0 Å². The monoisotopic (exact) mass is 390 g/mol. The third-order valence-electron chi connectivity index (χ3n) is 4.31. The van der Waals surface area contributed by atoms with Crippen LogP contribution in [0.3, 0.4) is 0 Å². The number of ether oxygens (including phenoxy) is 1. The molecule has 1 aliphatic heterocycles. The van der Waals surface area contributed by atoms with Crippen molar-refractivity contribution < 1.29 is 18.7 Å². The summed E-state index contributed by atoms with van der Waals surface area (Å²) in [6.45, 7) is 7.94. The number of benzene rings is 1. The molecule has 1 aromatic carbocycles. The van der Waals surface area contributed by atoms with Crippen LogP contribution in [0.1, 0.15) is 46.1 Å². The van der Waals surface area contributed by atoms with Gasteiger partial charge in [0, 0.05) is 19.1 Å². The Kier molecular flexibility index (Phi) is 6.84. The van der Waals surface area contributed by atoms with Gasteiger partial charge >= 0.3 is 6.09 Å². The van der Waals surface area contributed by atoms with E-state index < -0.39 is 23.6 Å². The Morgan fingerprint density at radius 2 is 2.11 bits per heavy atom. The van der Waals surface area contributed by atoms with Crippen LogP contribution in [0.4, 0.5) is 14.9 Å². The first-order valence-corrected chi connectivity index (χ1v) is 9.33. The number of anilines is 1. The van der Waals surface area contributed by atoms with Crippen molar-refractivity contribution in [1.29, 1.82) is 5.26 Å². The number of carbonyl (C=O) groups excluding carboxylic acids is 2. The number of rotatable bonds is 4. The Labute approximate surface area is 164 Å². The molecular formula is C20H27FN4O3. The fraction of sp³-hybridized carbons (Fsp3) is 0.550. The molecule has 0 spiro atoms. The van der Waals surface area contributed by atoms with E-state index >= 15 is 0 Å². The Hall–Kier alpha value is -2.82. The maximum atomic E-state index is 14.3. The van der Waals surface area contributed by atoms with Gasteiger partial charge in [0.05, 0.1) is 17.3 Å². The van der Waals surface area contributed by atoms with Crippen LogP contribution in [-0.4, -0.2) is 42.8 Å². The fourth-order valence-electron chi connectivity index (χ4n) is 3.02. The van der Waals surface area contributed by atoms with Crippen molar-refractivity contribution in [3.63, 3.8) is 0 Å². The minimum absolute atomic E-state index is 0.167. The summed E-state index contributed by atoms with van der Waals surface area (Å²) in [5.41, 5.74) is 0.0398. The largest absolute Gasteiger partial charge is 0.444 e. The van der Waals surface area contributed by atoms with E-state index in [9.17, 15) is 14.0 Å². The van der Waals surface area contributed by atoms with E-state index in [4.69, 9.17) is 10.00 Å². The molecule has 1 aliphatic rings. The van der Waals surface area contributed by atoms with Crippen LogP contribution < -0.4 is 15.5 Å². The van der Waals surface area contributed by atoms with E-state index in [1.165, 1.54) is 6.07 Å². The van der Waals surface area contributed by atoms with Gasteiger partial charge in [0.25, 0.3) is 0 Å². The number of hydrogen-bond acceptors (Lipinski definition) is 5. The Morgan fingerprint density at radius 1 is 1.39 bits per heavy atom. The second-order valence-corrected chi connectivity index (χ2v) is 7.94. The molecule has 8 heteroatoms. The number of nitrogens with zero attached hydrogens (tertiary/aromatic N) is 2. The number of alkyl carbamates (subject to hydrolysis) is 1. The van der Waals surface area contributed by atoms with Gasteiger partial charge in [-0.1, -0.05) is 0 Å². The summed E-state index contributed by atoms with van der Waals surface area (Å²) in [7, 11) is 0. The molecule has 0 saturated carbocycles. The number of amides is 2. The van der Waals surface area contributed by atoms with Crippen molar-refractivity contribution in [3.8, 4) is 6.07 Å². The summed E-state index contributed by atoms with van der Waals surface area (Å²) in [4.78, 5) is 26.1. The lowest BCUT2D eigenvalue weighted by Crippen LogP contribution is -2.53. The molecule has 7 nitrogen and oxygen atoms in total. The molecule has 0 aliphatic carbocycles. The van der Waals surface area contributed by atoms with Crippen LogP contribution >= 0.6 is 0 Å². The maximum absolute atomic E-state index is 14.3. The summed E-state index contributed by atoms with van der Waals surface area (Å²) in [5, 5.41) is 14.3. The summed E-state index contributed by atoms with van der Waals surface area (Å²) in [6.07, 6.45) is 0.900. The molecule has 28 heavy (non-hydrogen) atoms. The number of hydrogen-bond donors (Lipinski definition) is 2. The van der Waals surface area contributed by atoms with Crippen molar-refractivity contribution in [1.82, 2.24) is 10.6 Å². The highest BCUT2D eigenvalue weighted by atomic mass is 19.1. The Balaban J connectivity index is 1.93. The summed E-state index contributed by atoms with van der Waals surface area (Å²) in [6, 6.07) is 5.37. The number of halogens is 1. The molecule has 2 amide bonds. The minimum Gasteiger partial charge on any atom is -0.444 e. The number of nitrogens with one attached hydrogen (secondary N) is 2. The standard InChI is InChI=1S/C20H27FN4O3/c1-13(23-19(27)28-20(2,3)4)18(26)24-15-6-5-9-25(12-15)17-8-7-14(11-22)10-16(17)21/h7-8,10,13,15H,5-6,9,12H2,1-4H3,(H,23,27)(H,24,26)/t13-,15?/m1/s1. The van der Waals surface area contributed by atoms with Crippen molar-refractivity contribution in [3.05, 3.63) is 29.6 Å². The third-order valence-corrected chi connectivity index (χ3v) is 4.31. The summed E-state index contributed by atoms with van der Waals surface area (Å²) in [5.74, 6) is -0.774. The van der Waals surface area contributed by atoms with Gasteiger partial charge in [-0.3, -0.25) is 4.79 Å². The van der Waals surface area contributed by atoms with Crippen LogP contribution in [0.15, 0.2) is 18.2 Å². The fourth-order valence-corrected chi connectivity index (χ4v) is 3.02. The van der Waals surface area contributed by atoms with Gasteiger partial charge in [0.2, 0.25) is 5.91 Å². The topological polar surface area (TPSA) is 94.5 Å². The van der Waals surface area contributed by atoms with Gasteiger partial charge < -0.3 is 20.3 Å². The van der Waals surface area contributed by atoms with Crippen molar-refractivity contribution in [2.75, 3.05) is 18.0 Å². The zero-order valence-corrected chi connectivity index (χ0v) is 16.7. The van der Waals surface area contributed by atoms with Crippen LogP contribution in [-0.2, 0) is 9.53 Å². The molecule has 0 bridgehead atoms. The highest BCUT2D eigenvalue weighted by Crippen LogP contribution is 2.24. The van der Waals surface area contributed by atoms with E-state index in [1.807, 2.05) is 11.0 Å². The first-order chi connectivity index (χ1) is 13.1. The first kappa shape index (κ1) is 21.5. The molecule has 2 rings (SSSR count). The average molecular weight is 390 g/mol. The molecule has 1 saturated heterocycles. The van der Waals surface area contributed by atoms with Crippen LogP contribution in [0.5, 0.6) is 0 Å². The van der Waals surface area contributed by atoms with Gasteiger partial charge in [0.15, 0.2) is 0 Å². The predicted molar refractivity (Wildman–Crippen MR) is 103 cm³/mol. The lowest BCUT2D eigenvalue weighted by atomic mass is 10.0. The summed E-state index contributed by atoms with van der Waals surface area (Å²) < 4.78 is 19.4. The SMILES string of the molecule is C[C@@H](NC(=O)OC(C)(C)C)C(=O)NC1CCCN(c2ccc(C#N)cc2F)C1. The number of piperidine rings is 1. The van der Waals surface area contributed by atoms with E-state index in [-0.39, 0.29) is 17.5 Å². The lowest BCUT2D eigenvalue weighted by molar-refractivity contribution is -0.123. The molecule has 0 aromatic heterocycles. The molecule has 1 heterocycles. The second-order valence-electron chi connectivity index (χ2n) is 7.94. The van der Waals surface area contributed by atoms with Crippen molar-refractivity contribution in [2.24, 2.45) is 0 Å². The van der Waals surface area contributed by atoms with E-state index in [0.717, 1.165) is 12.8 Å². The Morgan fingerprint density at radius 3 is 2.71 bits per heavy atom. The van der Waals surface area contributed by atoms with E-state index in [1.54, 1.807) is 39.8 Å². The zero-order valence-electron chi connectivity index (χ0n) is 16.7. The lowest BCUT2D eigenvalue weighted by Gasteiger charge is -2.35. The summed E-state index contributed by atoms with van der Waals surface area (Å²) >= 11 is 0. The molecule has 1 fully saturated rings. The molecule has 1 unspecified atom stereocenters. The quantitative estimate of drug-likeness (QED) is 0.824. The van der Waals surface area contributed by atoms with Gasteiger partial charge in [-0.05, 0) is 58.7 Å². The Bertz CT molecular complexity index is 770.